The molecule has 0 atom stereocenters. The van der Waals surface area contributed by atoms with Crippen molar-refractivity contribution in [2.24, 2.45) is 0 Å². The summed E-state index contributed by atoms with van der Waals surface area (Å²) in [4.78, 5) is 0. The average molecular weight is 252 g/mol. The SMILES string of the molecule is CCC.CCc1c(C(C)C)cc(F)cc1C(C)C. The van der Waals surface area contributed by atoms with E-state index in [0.717, 1.165) is 6.42 Å². The second kappa shape index (κ2) is 8.29. The first kappa shape index (κ1) is 17.2. The molecular formula is C17H29F. The van der Waals surface area contributed by atoms with Gasteiger partial charge in [-0.2, -0.15) is 0 Å². The highest BCUT2D eigenvalue weighted by Crippen LogP contribution is 2.29. The molecular weight excluding hydrogens is 223 g/mol. The molecule has 0 radical (unpaired) electrons. The maximum Gasteiger partial charge on any atom is 0.123 e. The van der Waals surface area contributed by atoms with E-state index in [4.69, 9.17) is 0 Å². The minimum atomic E-state index is -0.0976. The van der Waals surface area contributed by atoms with Crippen LogP contribution >= 0.6 is 0 Å². The van der Waals surface area contributed by atoms with Crippen LogP contribution in [0.5, 0.6) is 0 Å². The summed E-state index contributed by atoms with van der Waals surface area (Å²) in [6, 6.07) is 3.38. The quantitative estimate of drug-likeness (QED) is 0.614. The van der Waals surface area contributed by atoms with Crippen molar-refractivity contribution in [3.63, 3.8) is 0 Å². The van der Waals surface area contributed by atoms with Crippen LogP contribution in [0.15, 0.2) is 12.1 Å². The van der Waals surface area contributed by atoms with Gasteiger partial charge in [-0.1, -0.05) is 54.9 Å². The van der Waals surface area contributed by atoms with Crippen molar-refractivity contribution in [2.75, 3.05) is 0 Å². The van der Waals surface area contributed by atoms with Gasteiger partial charge in [-0.05, 0) is 47.1 Å². The monoisotopic (exact) mass is 252 g/mol. The van der Waals surface area contributed by atoms with Gasteiger partial charge in [0.2, 0.25) is 0 Å². The van der Waals surface area contributed by atoms with Crippen LogP contribution < -0.4 is 0 Å². The van der Waals surface area contributed by atoms with Crippen LogP contribution in [0.3, 0.4) is 0 Å². The van der Waals surface area contributed by atoms with Crippen molar-refractivity contribution in [2.45, 2.75) is 73.1 Å². The fourth-order valence-electron chi connectivity index (χ4n) is 2.12. The Bertz CT molecular complexity index is 322. The second-order valence-electron chi connectivity index (χ2n) is 5.43. The third kappa shape index (κ3) is 4.80. The molecule has 104 valence electrons. The highest BCUT2D eigenvalue weighted by Gasteiger charge is 2.14. The molecule has 0 bridgehead atoms. The van der Waals surface area contributed by atoms with Gasteiger partial charge in [0.25, 0.3) is 0 Å². The van der Waals surface area contributed by atoms with Crippen molar-refractivity contribution in [1.29, 1.82) is 0 Å². The zero-order valence-corrected chi connectivity index (χ0v) is 13.1. The number of benzene rings is 1. The molecule has 0 N–H and O–H groups in total. The molecule has 0 nitrogen and oxygen atoms in total. The first-order chi connectivity index (χ1) is 8.38. The molecule has 0 spiro atoms. The minimum Gasteiger partial charge on any atom is -0.207 e. The van der Waals surface area contributed by atoms with Crippen molar-refractivity contribution in [1.82, 2.24) is 0 Å². The number of rotatable bonds is 3. The molecule has 0 aliphatic heterocycles. The van der Waals surface area contributed by atoms with Gasteiger partial charge in [0.05, 0.1) is 0 Å². The van der Waals surface area contributed by atoms with Crippen LogP contribution in [0, 0.1) is 5.82 Å². The van der Waals surface area contributed by atoms with E-state index in [2.05, 4.69) is 48.5 Å². The van der Waals surface area contributed by atoms with Crippen molar-refractivity contribution in [3.05, 3.63) is 34.6 Å². The van der Waals surface area contributed by atoms with Gasteiger partial charge >= 0.3 is 0 Å². The Kier molecular flexibility index (Phi) is 7.90. The maximum absolute atomic E-state index is 13.5. The van der Waals surface area contributed by atoms with E-state index in [-0.39, 0.29) is 5.82 Å². The standard InChI is InChI=1S/C14H21F.C3H8/c1-6-12-13(9(2)3)7-11(15)8-14(12)10(4)5;1-3-2/h7-10H,6H2,1-5H3;3H2,1-2H3. The molecule has 0 saturated carbocycles. The zero-order chi connectivity index (χ0) is 14.3. The van der Waals surface area contributed by atoms with E-state index >= 15 is 0 Å². The van der Waals surface area contributed by atoms with Gasteiger partial charge in [-0.3, -0.25) is 0 Å². The molecule has 1 heteroatoms. The summed E-state index contributed by atoms with van der Waals surface area (Å²) in [7, 11) is 0. The highest BCUT2D eigenvalue weighted by molar-refractivity contribution is 5.39. The molecule has 0 fully saturated rings. The largest absolute Gasteiger partial charge is 0.207 e. The lowest BCUT2D eigenvalue weighted by Gasteiger charge is -2.18. The Morgan fingerprint density at radius 1 is 0.889 bits per heavy atom. The summed E-state index contributed by atoms with van der Waals surface area (Å²) in [5.41, 5.74) is 3.67. The summed E-state index contributed by atoms with van der Waals surface area (Å²) in [5.74, 6) is 0.695. The Hall–Kier alpha value is -0.850. The summed E-state index contributed by atoms with van der Waals surface area (Å²) in [6.07, 6.45) is 2.24. The van der Waals surface area contributed by atoms with Crippen LogP contribution in [0.1, 0.15) is 83.4 Å². The van der Waals surface area contributed by atoms with Crippen molar-refractivity contribution < 1.29 is 4.39 Å². The molecule has 1 aromatic rings. The molecule has 0 aliphatic carbocycles. The van der Waals surface area contributed by atoms with Crippen molar-refractivity contribution >= 4 is 0 Å². The number of hydrogen-bond donors (Lipinski definition) is 0. The Labute approximate surface area is 113 Å². The van der Waals surface area contributed by atoms with E-state index < -0.39 is 0 Å². The van der Waals surface area contributed by atoms with Crippen LogP contribution in [0.2, 0.25) is 0 Å². The van der Waals surface area contributed by atoms with E-state index in [1.54, 1.807) is 12.1 Å². The molecule has 0 unspecified atom stereocenters. The molecule has 0 aliphatic rings. The first-order valence-electron chi connectivity index (χ1n) is 7.21. The molecule has 0 saturated heterocycles. The Morgan fingerprint density at radius 2 is 1.22 bits per heavy atom. The van der Waals surface area contributed by atoms with Gasteiger partial charge in [-0.25, -0.2) is 4.39 Å². The van der Waals surface area contributed by atoms with Gasteiger partial charge in [-0.15, -0.1) is 0 Å². The van der Waals surface area contributed by atoms with Gasteiger partial charge in [0.15, 0.2) is 0 Å². The fourth-order valence-corrected chi connectivity index (χ4v) is 2.12. The topological polar surface area (TPSA) is 0 Å². The Balaban J connectivity index is 0.000000873. The predicted molar refractivity (Wildman–Crippen MR) is 79.9 cm³/mol. The van der Waals surface area contributed by atoms with Gasteiger partial charge in [0, 0.05) is 0 Å². The summed E-state index contributed by atoms with van der Waals surface area (Å²) < 4.78 is 13.5. The number of halogens is 1. The number of hydrogen-bond acceptors (Lipinski definition) is 0. The van der Waals surface area contributed by atoms with Gasteiger partial charge < -0.3 is 0 Å². The maximum atomic E-state index is 13.5. The first-order valence-corrected chi connectivity index (χ1v) is 7.21. The third-order valence-electron chi connectivity index (χ3n) is 2.88. The van der Waals surface area contributed by atoms with Crippen LogP contribution in [0.25, 0.3) is 0 Å². The average Bonchev–Trinajstić information content (AvgIpc) is 2.28. The molecule has 0 heterocycles. The summed E-state index contributed by atoms with van der Waals surface area (Å²) in [5, 5.41) is 0. The predicted octanol–water partition coefficient (Wildman–Crippen LogP) is 6.05. The molecule has 1 aromatic carbocycles. The van der Waals surface area contributed by atoms with Gasteiger partial charge in [0.1, 0.15) is 5.82 Å². The van der Waals surface area contributed by atoms with E-state index in [9.17, 15) is 4.39 Å². The lowest BCUT2D eigenvalue weighted by atomic mass is 9.87. The zero-order valence-electron chi connectivity index (χ0n) is 13.1. The van der Waals surface area contributed by atoms with E-state index in [1.165, 1.54) is 23.1 Å². The molecule has 0 amide bonds. The molecule has 0 aromatic heterocycles. The van der Waals surface area contributed by atoms with Crippen LogP contribution in [0.4, 0.5) is 4.39 Å². The second-order valence-corrected chi connectivity index (χ2v) is 5.43. The summed E-state index contributed by atoms with van der Waals surface area (Å²) in [6.45, 7) is 14.9. The minimum absolute atomic E-state index is 0.0976. The third-order valence-corrected chi connectivity index (χ3v) is 2.88. The molecule has 1 rings (SSSR count). The smallest absolute Gasteiger partial charge is 0.123 e. The van der Waals surface area contributed by atoms with Crippen LogP contribution in [-0.4, -0.2) is 0 Å². The van der Waals surface area contributed by atoms with Crippen molar-refractivity contribution in [3.8, 4) is 0 Å². The lowest BCUT2D eigenvalue weighted by molar-refractivity contribution is 0.615. The highest BCUT2D eigenvalue weighted by atomic mass is 19.1. The normalized spacial score (nSPS) is 10.6. The lowest BCUT2D eigenvalue weighted by Crippen LogP contribution is -2.03. The van der Waals surface area contributed by atoms with E-state index in [0.29, 0.717) is 11.8 Å². The fraction of sp³-hybridized carbons (Fsp3) is 0.647. The summed E-state index contributed by atoms with van der Waals surface area (Å²) >= 11 is 0. The Morgan fingerprint density at radius 3 is 1.44 bits per heavy atom. The van der Waals surface area contributed by atoms with Crippen LogP contribution in [-0.2, 0) is 6.42 Å². The van der Waals surface area contributed by atoms with E-state index in [1.807, 2.05) is 0 Å². The molecule has 18 heavy (non-hydrogen) atoms.